The van der Waals surface area contributed by atoms with Gasteiger partial charge in [-0.1, -0.05) is 18.9 Å². The first-order chi connectivity index (χ1) is 12.7. The Hall–Kier alpha value is -1.51. The van der Waals surface area contributed by atoms with E-state index in [2.05, 4.69) is 20.5 Å². The first kappa shape index (κ1) is 21.8. The Morgan fingerprint density at radius 3 is 2.67 bits per heavy atom. The largest absolute Gasteiger partial charge is 0.497 e. The molecular weight excluding hydrogens is 455 g/mol. The molecule has 1 aromatic rings. The van der Waals surface area contributed by atoms with Gasteiger partial charge in [-0.05, 0) is 42.9 Å². The molecule has 7 heteroatoms. The summed E-state index contributed by atoms with van der Waals surface area (Å²) < 4.78 is 5.16. The Bertz CT molecular complexity index is 659. The number of carbonyl (C=O) groups is 1. The van der Waals surface area contributed by atoms with Gasteiger partial charge in [0.15, 0.2) is 5.96 Å². The lowest BCUT2D eigenvalue weighted by Gasteiger charge is -2.26. The number of aliphatic imine (C=N–C) groups is 1. The first-order valence-electron chi connectivity index (χ1n) is 9.54. The lowest BCUT2D eigenvalue weighted by atomic mass is 9.86. The smallest absolute Gasteiger partial charge is 0.251 e. The summed E-state index contributed by atoms with van der Waals surface area (Å²) in [6, 6.07) is 7.18. The number of ether oxygens (including phenoxy) is 1. The molecule has 0 aromatic heterocycles. The van der Waals surface area contributed by atoms with Gasteiger partial charge in [-0.25, -0.2) is 0 Å². The van der Waals surface area contributed by atoms with Gasteiger partial charge in [0.1, 0.15) is 5.75 Å². The van der Waals surface area contributed by atoms with Crippen molar-refractivity contribution in [1.29, 1.82) is 0 Å². The van der Waals surface area contributed by atoms with Crippen LogP contribution in [0.3, 0.4) is 0 Å². The molecule has 1 saturated carbocycles. The maximum atomic E-state index is 12.2. The number of halogens is 1. The Morgan fingerprint density at radius 1 is 1.22 bits per heavy atom. The highest BCUT2D eigenvalue weighted by atomic mass is 127. The van der Waals surface area contributed by atoms with Crippen molar-refractivity contribution >= 4 is 35.8 Å². The summed E-state index contributed by atoms with van der Waals surface area (Å²) in [5.74, 6) is 1.54. The maximum Gasteiger partial charge on any atom is 0.251 e. The number of nitrogens with zero attached hydrogens (tertiary/aromatic N) is 2. The lowest BCUT2D eigenvalue weighted by Crippen LogP contribution is -2.43. The molecule has 1 aliphatic carbocycles. The quantitative estimate of drug-likeness (QED) is 0.291. The fourth-order valence-electron chi connectivity index (χ4n) is 4.20. The van der Waals surface area contributed by atoms with Crippen molar-refractivity contribution in [2.45, 2.75) is 32.1 Å². The summed E-state index contributed by atoms with van der Waals surface area (Å²) in [7, 11) is 3.43. The number of rotatable bonds is 5. The first-order valence-corrected chi connectivity index (χ1v) is 9.54. The number of guanidine groups is 1. The molecule has 3 rings (SSSR count). The van der Waals surface area contributed by atoms with Gasteiger partial charge in [0, 0.05) is 38.8 Å². The maximum absolute atomic E-state index is 12.2. The third-order valence-electron chi connectivity index (χ3n) is 5.64. The van der Waals surface area contributed by atoms with Crippen LogP contribution in [0, 0.1) is 5.41 Å². The molecule has 2 fully saturated rings. The van der Waals surface area contributed by atoms with Crippen LogP contribution in [-0.2, 0) is 0 Å². The summed E-state index contributed by atoms with van der Waals surface area (Å²) in [5.41, 5.74) is 1.13. The molecule has 1 heterocycles. The molecule has 150 valence electrons. The monoisotopic (exact) mass is 486 g/mol. The van der Waals surface area contributed by atoms with Crippen molar-refractivity contribution < 1.29 is 9.53 Å². The molecule has 6 nitrogen and oxygen atoms in total. The molecule has 1 amide bonds. The highest BCUT2D eigenvalue weighted by Gasteiger charge is 2.40. The number of methoxy groups -OCH3 is 1. The second-order valence-electron chi connectivity index (χ2n) is 7.34. The van der Waals surface area contributed by atoms with E-state index in [0.717, 1.165) is 19.0 Å². The van der Waals surface area contributed by atoms with E-state index in [9.17, 15) is 4.79 Å². The highest BCUT2D eigenvalue weighted by Crippen LogP contribution is 2.45. The summed E-state index contributed by atoms with van der Waals surface area (Å²) in [6.45, 7) is 3.40. The zero-order chi connectivity index (χ0) is 18.4. The van der Waals surface area contributed by atoms with Crippen molar-refractivity contribution in [3.8, 4) is 5.75 Å². The third kappa shape index (κ3) is 5.49. The van der Waals surface area contributed by atoms with E-state index in [1.165, 1.54) is 32.1 Å². The van der Waals surface area contributed by atoms with Crippen molar-refractivity contribution in [3.05, 3.63) is 29.8 Å². The highest BCUT2D eigenvalue weighted by molar-refractivity contribution is 14.0. The summed E-state index contributed by atoms with van der Waals surface area (Å²) in [5, 5.41) is 6.32. The summed E-state index contributed by atoms with van der Waals surface area (Å²) in [6.07, 6.45) is 6.74. The van der Waals surface area contributed by atoms with Crippen molar-refractivity contribution in [2.24, 2.45) is 10.4 Å². The summed E-state index contributed by atoms with van der Waals surface area (Å²) in [4.78, 5) is 19.0. The van der Waals surface area contributed by atoms with Crippen molar-refractivity contribution in [1.82, 2.24) is 15.5 Å². The molecule has 0 atom stereocenters. The zero-order valence-corrected chi connectivity index (χ0v) is 18.6. The van der Waals surface area contributed by atoms with E-state index < -0.39 is 0 Å². The van der Waals surface area contributed by atoms with Crippen LogP contribution in [0.25, 0.3) is 0 Å². The molecule has 2 N–H and O–H groups in total. The minimum atomic E-state index is -0.0910. The van der Waals surface area contributed by atoms with Crippen molar-refractivity contribution in [3.63, 3.8) is 0 Å². The van der Waals surface area contributed by atoms with Crippen LogP contribution >= 0.6 is 24.0 Å². The second kappa shape index (κ2) is 10.1. The van der Waals surface area contributed by atoms with Crippen LogP contribution in [0.15, 0.2) is 29.3 Å². The molecule has 1 aromatic carbocycles. The lowest BCUT2D eigenvalue weighted by molar-refractivity contribution is 0.0954. The molecule has 0 bridgehead atoms. The molecule has 0 radical (unpaired) electrons. The van der Waals surface area contributed by atoms with Crippen LogP contribution in [0.2, 0.25) is 0 Å². The third-order valence-corrected chi connectivity index (χ3v) is 5.64. The standard InChI is InChI=1S/C20H30N4O2.HI/c1-21-19(24-13-10-20(15-24)8-3-4-9-20)23-12-11-22-18(25)16-6-5-7-17(14-16)26-2;/h5-7,14H,3-4,8-13,15H2,1-2H3,(H,21,23)(H,22,25);1H. The van der Waals surface area contributed by atoms with Crippen LogP contribution in [0.1, 0.15) is 42.5 Å². The Balaban J connectivity index is 0.00000261. The summed E-state index contributed by atoms with van der Waals surface area (Å²) >= 11 is 0. The minimum Gasteiger partial charge on any atom is -0.497 e. The van der Waals surface area contributed by atoms with Gasteiger partial charge in [-0.2, -0.15) is 0 Å². The van der Waals surface area contributed by atoms with Crippen LogP contribution in [0.4, 0.5) is 0 Å². The van der Waals surface area contributed by atoms with Gasteiger partial charge in [-0.3, -0.25) is 9.79 Å². The fraction of sp³-hybridized carbons (Fsp3) is 0.600. The number of amides is 1. The topological polar surface area (TPSA) is 66.0 Å². The van der Waals surface area contributed by atoms with Crippen molar-refractivity contribution in [2.75, 3.05) is 40.3 Å². The Kier molecular flexibility index (Phi) is 8.19. The SMILES string of the molecule is CN=C(NCCNC(=O)c1cccc(OC)c1)N1CCC2(CCCC2)C1.I. The number of nitrogens with one attached hydrogen (secondary N) is 2. The normalized spacial score (nSPS) is 18.3. The molecule has 0 unspecified atom stereocenters. The van der Waals surface area contributed by atoms with E-state index in [4.69, 9.17) is 4.74 Å². The van der Waals surface area contributed by atoms with Gasteiger partial charge in [0.05, 0.1) is 7.11 Å². The number of carbonyl (C=O) groups excluding carboxylic acids is 1. The van der Waals surface area contributed by atoms with Gasteiger partial charge in [0.2, 0.25) is 0 Å². The van der Waals surface area contributed by atoms with Crippen LogP contribution < -0.4 is 15.4 Å². The van der Waals surface area contributed by atoms with E-state index >= 15 is 0 Å². The molecule has 27 heavy (non-hydrogen) atoms. The Morgan fingerprint density at radius 2 is 1.96 bits per heavy atom. The molecule has 1 saturated heterocycles. The molecule has 1 spiro atoms. The predicted molar refractivity (Wildman–Crippen MR) is 119 cm³/mol. The second-order valence-corrected chi connectivity index (χ2v) is 7.34. The number of hydrogen-bond donors (Lipinski definition) is 2. The number of hydrogen-bond acceptors (Lipinski definition) is 3. The molecule has 2 aliphatic rings. The van der Waals surface area contributed by atoms with Gasteiger partial charge in [0.25, 0.3) is 5.91 Å². The van der Waals surface area contributed by atoms with E-state index in [1.807, 2.05) is 19.2 Å². The number of benzene rings is 1. The van der Waals surface area contributed by atoms with E-state index in [0.29, 0.717) is 29.8 Å². The Labute approximate surface area is 179 Å². The fourth-order valence-corrected chi connectivity index (χ4v) is 4.20. The van der Waals surface area contributed by atoms with Gasteiger partial charge >= 0.3 is 0 Å². The average Bonchev–Trinajstić information content (AvgIpc) is 3.31. The van der Waals surface area contributed by atoms with E-state index in [-0.39, 0.29) is 29.9 Å². The minimum absolute atomic E-state index is 0. The predicted octanol–water partition coefficient (Wildman–Crippen LogP) is 2.88. The molecular formula is C20H31IN4O2. The van der Waals surface area contributed by atoms with Crippen LogP contribution in [-0.4, -0.2) is 57.1 Å². The van der Waals surface area contributed by atoms with Gasteiger partial charge < -0.3 is 20.3 Å². The molecule has 1 aliphatic heterocycles. The van der Waals surface area contributed by atoms with E-state index in [1.54, 1.807) is 19.2 Å². The number of likely N-dealkylation sites (tertiary alicyclic amines) is 1. The zero-order valence-electron chi connectivity index (χ0n) is 16.3. The average molecular weight is 486 g/mol. The van der Waals surface area contributed by atoms with Gasteiger partial charge in [-0.15, -0.1) is 24.0 Å². The van der Waals surface area contributed by atoms with Crippen LogP contribution in [0.5, 0.6) is 5.75 Å².